The first-order valence-electron chi connectivity index (χ1n) is 5.37. The lowest BCUT2D eigenvalue weighted by molar-refractivity contribution is 0.472. The highest BCUT2D eigenvalue weighted by molar-refractivity contribution is 5.09. The maximum Gasteiger partial charge on any atom is 0.0641 e. The largest absolute Gasteiger partial charge is 0.155 e. The molecule has 0 amide bonds. The van der Waals surface area contributed by atoms with Crippen molar-refractivity contribution in [2.75, 3.05) is 0 Å². The van der Waals surface area contributed by atoms with Gasteiger partial charge in [-0.25, -0.2) is 0 Å². The van der Waals surface area contributed by atoms with E-state index >= 15 is 0 Å². The summed E-state index contributed by atoms with van der Waals surface area (Å²) in [6, 6.07) is 0. The molecule has 0 aliphatic heterocycles. The average molecular weight is 208 g/mol. The number of hydrogen-bond donors (Lipinski definition) is 0. The van der Waals surface area contributed by atoms with E-state index in [9.17, 15) is 0 Å². The minimum atomic E-state index is -0.0137. The van der Waals surface area contributed by atoms with Crippen LogP contribution in [0.15, 0.2) is 34.3 Å². The maximum atomic E-state index is 4.27. The summed E-state index contributed by atoms with van der Waals surface area (Å²) < 4.78 is 0. The zero-order valence-corrected chi connectivity index (χ0v) is 11.2. The smallest absolute Gasteiger partial charge is 0.0641 e. The number of azo groups is 1. The van der Waals surface area contributed by atoms with Gasteiger partial charge in [-0.3, -0.25) is 0 Å². The third-order valence-corrected chi connectivity index (χ3v) is 2.19. The van der Waals surface area contributed by atoms with E-state index in [1.165, 1.54) is 0 Å². The Morgan fingerprint density at radius 3 is 1.67 bits per heavy atom. The Hall–Kier alpha value is -0.920. The fourth-order valence-corrected chi connectivity index (χ4v) is 0.905. The van der Waals surface area contributed by atoms with Crippen molar-refractivity contribution < 1.29 is 0 Å². The molecule has 0 heterocycles. The molecule has 0 aromatic carbocycles. The Kier molecular flexibility index (Phi) is 4.44. The number of hydrogen-bond acceptors (Lipinski definition) is 2. The molecule has 0 saturated heterocycles. The van der Waals surface area contributed by atoms with Crippen LogP contribution in [-0.2, 0) is 0 Å². The summed E-state index contributed by atoms with van der Waals surface area (Å²) in [4.78, 5) is 0. The molecule has 0 spiro atoms. The molecule has 86 valence electrons. The Bertz CT molecular complexity index is 283. The first kappa shape index (κ1) is 14.1. The van der Waals surface area contributed by atoms with Crippen molar-refractivity contribution in [1.29, 1.82) is 0 Å². The van der Waals surface area contributed by atoms with Crippen molar-refractivity contribution in [1.82, 2.24) is 0 Å². The topological polar surface area (TPSA) is 24.7 Å². The molecule has 0 aliphatic carbocycles. The quantitative estimate of drug-likeness (QED) is 0.574. The van der Waals surface area contributed by atoms with Gasteiger partial charge in [-0.1, -0.05) is 54.2 Å². The Balaban J connectivity index is 4.75. The summed E-state index contributed by atoms with van der Waals surface area (Å²) in [5.74, 6) is 0. The monoisotopic (exact) mass is 208 g/mol. The molecule has 2 nitrogen and oxygen atoms in total. The van der Waals surface area contributed by atoms with Gasteiger partial charge >= 0.3 is 0 Å². The maximum absolute atomic E-state index is 4.27. The zero-order chi connectivity index (χ0) is 12.3. The Morgan fingerprint density at radius 2 is 1.40 bits per heavy atom. The molecule has 0 saturated carbocycles. The minimum absolute atomic E-state index is 0.0137. The molecule has 2 heteroatoms. The van der Waals surface area contributed by atoms with Gasteiger partial charge < -0.3 is 0 Å². The highest BCUT2D eigenvalue weighted by Gasteiger charge is 2.18. The lowest BCUT2D eigenvalue weighted by Crippen LogP contribution is -2.09. The summed E-state index contributed by atoms with van der Waals surface area (Å²) in [5, 5.41) is 8.46. The summed E-state index contributed by atoms with van der Waals surface area (Å²) in [7, 11) is 0. The molecule has 0 unspecified atom stereocenters. The van der Waals surface area contributed by atoms with E-state index in [2.05, 4.69) is 58.3 Å². The van der Waals surface area contributed by atoms with Crippen molar-refractivity contribution >= 4 is 0 Å². The van der Waals surface area contributed by atoms with E-state index in [1.54, 1.807) is 0 Å². The van der Waals surface area contributed by atoms with Gasteiger partial charge in [-0.2, -0.15) is 10.2 Å². The van der Waals surface area contributed by atoms with E-state index in [1.807, 2.05) is 13.0 Å². The fourth-order valence-electron chi connectivity index (χ4n) is 0.905. The summed E-state index contributed by atoms with van der Waals surface area (Å²) in [5.41, 5.74) is 1.83. The highest BCUT2D eigenvalue weighted by atomic mass is 15.1. The number of nitrogens with zero attached hydrogens (tertiary/aromatic N) is 2. The van der Waals surface area contributed by atoms with Crippen LogP contribution in [0.5, 0.6) is 0 Å². The summed E-state index contributed by atoms with van der Waals surface area (Å²) >= 11 is 0. The predicted molar refractivity (Wildman–Crippen MR) is 66.7 cm³/mol. The van der Waals surface area contributed by atoms with Crippen LogP contribution in [0.25, 0.3) is 0 Å². The molecular weight excluding hydrogens is 184 g/mol. The van der Waals surface area contributed by atoms with Gasteiger partial charge in [-0.15, -0.1) is 0 Å². The van der Waals surface area contributed by atoms with Crippen LogP contribution in [0.3, 0.4) is 0 Å². The van der Waals surface area contributed by atoms with Gasteiger partial charge in [0.05, 0.1) is 11.4 Å². The fraction of sp³-hybridized carbons (Fsp3) is 0.692. The lowest BCUT2D eigenvalue weighted by atomic mass is 9.92. The first-order chi connectivity index (χ1) is 6.59. The second-order valence-corrected chi connectivity index (χ2v) is 5.82. The van der Waals surface area contributed by atoms with Crippen molar-refractivity contribution in [3.05, 3.63) is 24.0 Å². The molecule has 0 fully saturated rings. The molecule has 0 atom stereocenters. The van der Waals surface area contributed by atoms with Gasteiger partial charge in [0.1, 0.15) is 0 Å². The Labute approximate surface area is 94.2 Å². The van der Waals surface area contributed by atoms with E-state index < -0.39 is 0 Å². The van der Waals surface area contributed by atoms with E-state index in [0.29, 0.717) is 0 Å². The van der Waals surface area contributed by atoms with Crippen LogP contribution in [0.4, 0.5) is 0 Å². The third kappa shape index (κ3) is 4.91. The second-order valence-electron chi connectivity index (χ2n) is 5.82. The standard InChI is InChI=1S/C13H24N2/c1-9-11(13(6,7)8)15-14-10(2)12(3,4)5/h9H,2H2,1,3-8H3/b11-9-,15-14-. The minimum Gasteiger partial charge on any atom is -0.155 e. The molecule has 0 aliphatic rings. The van der Waals surface area contributed by atoms with Gasteiger partial charge in [0.2, 0.25) is 0 Å². The van der Waals surface area contributed by atoms with Crippen molar-refractivity contribution in [3.8, 4) is 0 Å². The number of allylic oxidation sites excluding steroid dienone is 3. The molecule has 0 N–H and O–H groups in total. The van der Waals surface area contributed by atoms with Crippen LogP contribution < -0.4 is 0 Å². The van der Waals surface area contributed by atoms with Crippen LogP contribution in [0, 0.1) is 10.8 Å². The number of rotatable bonds is 2. The molecule has 15 heavy (non-hydrogen) atoms. The third-order valence-electron chi connectivity index (χ3n) is 2.19. The van der Waals surface area contributed by atoms with Crippen molar-refractivity contribution in [2.45, 2.75) is 48.5 Å². The molecule has 0 aromatic heterocycles. The van der Waals surface area contributed by atoms with Gasteiger partial charge in [0.15, 0.2) is 0 Å². The molecule has 0 radical (unpaired) electrons. The predicted octanol–water partition coefficient (Wildman–Crippen LogP) is 4.95. The van der Waals surface area contributed by atoms with Crippen LogP contribution in [0.1, 0.15) is 48.5 Å². The van der Waals surface area contributed by atoms with Gasteiger partial charge in [-0.05, 0) is 6.92 Å². The Morgan fingerprint density at radius 1 is 0.933 bits per heavy atom. The van der Waals surface area contributed by atoms with Crippen molar-refractivity contribution in [3.63, 3.8) is 0 Å². The van der Waals surface area contributed by atoms with E-state index in [4.69, 9.17) is 0 Å². The molecule has 0 aromatic rings. The van der Waals surface area contributed by atoms with Crippen molar-refractivity contribution in [2.24, 2.45) is 21.1 Å². The molecule has 0 rings (SSSR count). The summed E-state index contributed by atoms with van der Waals surface area (Å²) in [6.07, 6.45) is 2.00. The molecular formula is C13H24N2. The average Bonchev–Trinajstić information content (AvgIpc) is 2.00. The lowest BCUT2D eigenvalue weighted by Gasteiger charge is -2.20. The highest BCUT2D eigenvalue weighted by Crippen LogP contribution is 2.29. The first-order valence-corrected chi connectivity index (χ1v) is 5.37. The van der Waals surface area contributed by atoms with E-state index in [0.717, 1.165) is 11.4 Å². The summed E-state index contributed by atoms with van der Waals surface area (Å²) in [6.45, 7) is 18.5. The van der Waals surface area contributed by atoms with Crippen LogP contribution in [-0.4, -0.2) is 0 Å². The normalized spacial score (nSPS) is 14.7. The van der Waals surface area contributed by atoms with E-state index in [-0.39, 0.29) is 10.8 Å². The van der Waals surface area contributed by atoms with Gasteiger partial charge in [0.25, 0.3) is 0 Å². The SMILES string of the molecule is C=C(/N=N\C(=C/C)C(C)(C)C)C(C)(C)C. The van der Waals surface area contributed by atoms with Crippen LogP contribution in [0.2, 0.25) is 0 Å². The molecule has 0 bridgehead atoms. The zero-order valence-electron chi connectivity index (χ0n) is 11.2. The van der Waals surface area contributed by atoms with Gasteiger partial charge in [0, 0.05) is 10.8 Å². The second kappa shape index (κ2) is 4.73. The van der Waals surface area contributed by atoms with Crippen LogP contribution >= 0.6 is 0 Å².